The third kappa shape index (κ3) is 3.28. The van der Waals surface area contributed by atoms with Gasteiger partial charge < -0.3 is 5.11 Å². The molecule has 0 fully saturated rings. The molecule has 0 aliphatic heterocycles. The second-order valence-electron chi connectivity index (χ2n) is 2.19. The normalized spacial score (nSPS) is 13.8. The smallest absolute Gasteiger partial charge is 0.310 e. The van der Waals surface area contributed by atoms with E-state index in [-0.39, 0.29) is 5.92 Å². The van der Waals surface area contributed by atoms with E-state index in [9.17, 15) is 4.79 Å². The molecule has 0 amide bonds. The number of hydrogen-bond donors (Lipinski definition) is 1. The molecule has 1 atom stereocenters. The zero-order valence-electron chi connectivity index (χ0n) is 6.50. The summed E-state index contributed by atoms with van der Waals surface area (Å²) in [5.41, 5.74) is 0. The average Bonchev–Trinajstić information content (AvgIpc) is 1.89. The van der Waals surface area contributed by atoms with E-state index in [2.05, 4.69) is 0 Å². The van der Waals surface area contributed by atoms with Crippen molar-refractivity contribution in [1.82, 2.24) is 0 Å². The van der Waals surface area contributed by atoms with Gasteiger partial charge in [-0.1, -0.05) is 26.0 Å². The molecule has 2 nitrogen and oxygen atoms in total. The first kappa shape index (κ1) is 9.21. The Hall–Kier alpha value is -0.790. The fourth-order valence-corrected chi connectivity index (χ4v) is 0.693. The van der Waals surface area contributed by atoms with Gasteiger partial charge in [-0.15, -0.1) is 0 Å². The van der Waals surface area contributed by atoms with E-state index >= 15 is 0 Å². The Labute approximate surface area is 61.6 Å². The van der Waals surface area contributed by atoms with Crippen molar-refractivity contribution in [3.63, 3.8) is 0 Å². The molecule has 58 valence electrons. The van der Waals surface area contributed by atoms with Gasteiger partial charge in [-0.3, -0.25) is 4.79 Å². The summed E-state index contributed by atoms with van der Waals surface area (Å²) in [7, 11) is 0. The standard InChI is InChI=1S/C8H14O2/c1-3-5-6-7(4-2)8(9)10/h5-7H,3-4H2,1-2H3,(H,9,10)/b6-5-. The number of carboxylic acid groups (broad SMARTS) is 1. The molecule has 10 heavy (non-hydrogen) atoms. The molecule has 0 aliphatic carbocycles. The van der Waals surface area contributed by atoms with Gasteiger partial charge >= 0.3 is 5.97 Å². The summed E-state index contributed by atoms with van der Waals surface area (Å²) >= 11 is 0. The van der Waals surface area contributed by atoms with Crippen molar-refractivity contribution in [1.29, 1.82) is 0 Å². The van der Waals surface area contributed by atoms with Crippen LogP contribution in [-0.4, -0.2) is 11.1 Å². The minimum Gasteiger partial charge on any atom is -0.481 e. The summed E-state index contributed by atoms with van der Waals surface area (Å²) in [5.74, 6) is -1.02. The van der Waals surface area contributed by atoms with Gasteiger partial charge in [0.05, 0.1) is 5.92 Å². The van der Waals surface area contributed by atoms with E-state index in [1.54, 1.807) is 6.08 Å². The van der Waals surface area contributed by atoms with Crippen LogP contribution in [0, 0.1) is 5.92 Å². The van der Waals surface area contributed by atoms with Crippen LogP contribution in [0.5, 0.6) is 0 Å². The average molecular weight is 142 g/mol. The molecule has 0 aromatic heterocycles. The summed E-state index contributed by atoms with van der Waals surface area (Å²) in [5, 5.41) is 8.55. The van der Waals surface area contributed by atoms with Gasteiger partial charge in [-0.25, -0.2) is 0 Å². The fraction of sp³-hybridized carbons (Fsp3) is 0.625. The van der Waals surface area contributed by atoms with Gasteiger partial charge in [0, 0.05) is 0 Å². The molecular formula is C8H14O2. The predicted molar refractivity (Wildman–Crippen MR) is 40.8 cm³/mol. The zero-order chi connectivity index (χ0) is 7.98. The van der Waals surface area contributed by atoms with E-state index in [1.807, 2.05) is 19.9 Å². The number of hydrogen-bond acceptors (Lipinski definition) is 1. The van der Waals surface area contributed by atoms with Gasteiger partial charge in [0.2, 0.25) is 0 Å². The van der Waals surface area contributed by atoms with Crippen LogP contribution in [0.25, 0.3) is 0 Å². The Morgan fingerprint density at radius 3 is 2.50 bits per heavy atom. The highest BCUT2D eigenvalue weighted by Gasteiger charge is 2.08. The molecule has 0 heterocycles. The highest BCUT2D eigenvalue weighted by molar-refractivity contribution is 5.71. The van der Waals surface area contributed by atoms with Crippen LogP contribution in [0.1, 0.15) is 26.7 Å². The SMILES string of the molecule is CC/C=C\C(CC)C(=O)O. The van der Waals surface area contributed by atoms with E-state index in [0.717, 1.165) is 6.42 Å². The molecular weight excluding hydrogens is 128 g/mol. The van der Waals surface area contributed by atoms with Gasteiger partial charge in [-0.05, 0) is 12.8 Å². The first-order valence-corrected chi connectivity index (χ1v) is 3.61. The highest BCUT2D eigenvalue weighted by Crippen LogP contribution is 2.04. The van der Waals surface area contributed by atoms with Gasteiger partial charge in [0.1, 0.15) is 0 Å². The van der Waals surface area contributed by atoms with E-state index in [1.165, 1.54) is 0 Å². The Kier molecular flexibility index (Phi) is 4.63. The largest absolute Gasteiger partial charge is 0.481 e. The lowest BCUT2D eigenvalue weighted by Gasteiger charge is -2.00. The summed E-state index contributed by atoms with van der Waals surface area (Å²) < 4.78 is 0. The topological polar surface area (TPSA) is 37.3 Å². The number of carbonyl (C=O) groups is 1. The van der Waals surface area contributed by atoms with Crippen molar-refractivity contribution in [2.24, 2.45) is 5.92 Å². The van der Waals surface area contributed by atoms with Crippen molar-refractivity contribution in [2.75, 3.05) is 0 Å². The predicted octanol–water partition coefficient (Wildman–Crippen LogP) is 2.06. The van der Waals surface area contributed by atoms with Crippen LogP contribution < -0.4 is 0 Å². The van der Waals surface area contributed by atoms with E-state index in [0.29, 0.717) is 6.42 Å². The van der Waals surface area contributed by atoms with Crippen LogP contribution in [0.3, 0.4) is 0 Å². The summed E-state index contributed by atoms with van der Waals surface area (Å²) in [6, 6.07) is 0. The molecule has 0 rings (SSSR count). The summed E-state index contributed by atoms with van der Waals surface area (Å²) in [6.07, 6.45) is 5.22. The monoisotopic (exact) mass is 142 g/mol. The van der Waals surface area contributed by atoms with Crippen LogP contribution in [0.2, 0.25) is 0 Å². The molecule has 1 unspecified atom stereocenters. The lowest BCUT2D eigenvalue weighted by atomic mass is 10.1. The maximum Gasteiger partial charge on any atom is 0.310 e. The Morgan fingerprint density at radius 1 is 1.60 bits per heavy atom. The minimum atomic E-state index is -0.729. The fourth-order valence-electron chi connectivity index (χ4n) is 0.693. The first-order valence-electron chi connectivity index (χ1n) is 3.61. The number of allylic oxidation sites excluding steroid dienone is 1. The van der Waals surface area contributed by atoms with Crippen LogP contribution in [0.4, 0.5) is 0 Å². The lowest BCUT2D eigenvalue weighted by Crippen LogP contribution is -2.08. The first-order chi connectivity index (χ1) is 4.72. The van der Waals surface area contributed by atoms with Crippen molar-refractivity contribution < 1.29 is 9.90 Å². The molecule has 0 bridgehead atoms. The third-order valence-corrected chi connectivity index (χ3v) is 1.36. The second-order valence-corrected chi connectivity index (χ2v) is 2.19. The van der Waals surface area contributed by atoms with Gasteiger partial charge in [-0.2, -0.15) is 0 Å². The van der Waals surface area contributed by atoms with Gasteiger partial charge in [0.15, 0.2) is 0 Å². The molecule has 0 aliphatic rings. The second kappa shape index (κ2) is 5.03. The molecule has 0 aromatic carbocycles. The molecule has 0 radical (unpaired) electrons. The quantitative estimate of drug-likeness (QED) is 0.610. The van der Waals surface area contributed by atoms with E-state index < -0.39 is 5.97 Å². The van der Waals surface area contributed by atoms with Crippen LogP contribution in [-0.2, 0) is 4.79 Å². The summed E-state index contributed by atoms with van der Waals surface area (Å²) in [4.78, 5) is 10.4. The maximum atomic E-state index is 10.4. The van der Waals surface area contributed by atoms with Crippen molar-refractivity contribution in [2.45, 2.75) is 26.7 Å². The molecule has 2 heteroatoms. The molecule has 0 saturated carbocycles. The van der Waals surface area contributed by atoms with Crippen LogP contribution in [0.15, 0.2) is 12.2 Å². The number of rotatable bonds is 4. The van der Waals surface area contributed by atoms with Crippen molar-refractivity contribution in [3.8, 4) is 0 Å². The van der Waals surface area contributed by atoms with Crippen molar-refractivity contribution >= 4 is 5.97 Å². The van der Waals surface area contributed by atoms with E-state index in [4.69, 9.17) is 5.11 Å². The molecule has 0 spiro atoms. The Morgan fingerprint density at radius 2 is 2.20 bits per heavy atom. The molecule has 1 N–H and O–H groups in total. The number of carboxylic acids is 1. The Bertz CT molecular complexity index is 127. The number of aliphatic carboxylic acids is 1. The molecule has 0 saturated heterocycles. The van der Waals surface area contributed by atoms with Crippen LogP contribution >= 0.6 is 0 Å². The lowest BCUT2D eigenvalue weighted by molar-refractivity contribution is -0.140. The van der Waals surface area contributed by atoms with Crippen molar-refractivity contribution in [3.05, 3.63) is 12.2 Å². The Balaban J connectivity index is 3.83. The maximum absolute atomic E-state index is 10.4. The zero-order valence-corrected chi connectivity index (χ0v) is 6.50. The summed E-state index contributed by atoms with van der Waals surface area (Å²) in [6.45, 7) is 3.86. The molecule has 0 aromatic rings. The third-order valence-electron chi connectivity index (χ3n) is 1.36. The minimum absolute atomic E-state index is 0.292. The highest BCUT2D eigenvalue weighted by atomic mass is 16.4. The van der Waals surface area contributed by atoms with Gasteiger partial charge in [0.25, 0.3) is 0 Å².